The molecule has 3 saturated heterocycles. The standard InChI is InChI=1S/C27H26N6O3.C25H28N4O3.C23H24N4O2/c1-17-26(24(35)16-32-12-10-22(34)11-13-32)27-23(33(17)21-7-5-20(28-3)6-8-21)14-19(15-29-27)4-9-25-31-30-18(2)36-25;1-4-13-32-21-14-22-25(27-15-21)24(23(31)16-28-11-9-20(30)10-12-28)17(2)29(22)19-7-5-18(26-3)6-8-19;1-15-12-20-23(25-13-15)22(21(29)14-26-10-8-19(28)9-11-26)16(2)27(20)18-6-4-17(24-3)5-7-18/h4-9,14-15,22,34H,10-13,16H2,1-2H3;5-8,14-15,20,30H,4,9-13,16H2,1-2H3;4-7,12-13,19,28H,8-11,14H2,1-2H3/b9-4+;;. The second-order valence-corrected chi connectivity index (χ2v) is 25.0. The Hall–Kier alpha value is -10.4. The maximum absolute atomic E-state index is 13.5. The van der Waals surface area contributed by atoms with Gasteiger partial charge in [-0.05, 0) is 138 Å². The average molecular weight is 1300 g/mol. The van der Waals surface area contributed by atoms with Crippen LogP contribution in [0, 0.1) is 54.3 Å². The van der Waals surface area contributed by atoms with E-state index in [0.717, 1.165) is 81.3 Å². The van der Waals surface area contributed by atoms with Crippen LogP contribution in [0.4, 0.5) is 17.1 Å². The number of rotatable bonds is 17. The fourth-order valence-corrected chi connectivity index (χ4v) is 13.0. The number of carbonyl (C=O) groups is 3. The van der Waals surface area contributed by atoms with Crippen molar-refractivity contribution in [3.8, 4) is 22.8 Å². The molecule has 10 aromatic rings. The first-order valence-electron chi connectivity index (χ1n) is 32.8. The number of piperidine rings is 3. The summed E-state index contributed by atoms with van der Waals surface area (Å²) < 4.78 is 17.3. The minimum Gasteiger partial charge on any atom is -0.492 e. The van der Waals surface area contributed by atoms with Crippen molar-refractivity contribution in [2.24, 2.45) is 0 Å². The van der Waals surface area contributed by atoms with Gasteiger partial charge in [0.05, 0.1) is 120 Å². The van der Waals surface area contributed by atoms with E-state index in [0.29, 0.717) is 152 Å². The molecule has 3 aliphatic heterocycles. The van der Waals surface area contributed by atoms with Gasteiger partial charge in [0, 0.05) is 105 Å². The van der Waals surface area contributed by atoms with Crippen LogP contribution >= 0.6 is 0 Å². The van der Waals surface area contributed by atoms with Gasteiger partial charge in [-0.3, -0.25) is 39.1 Å². The van der Waals surface area contributed by atoms with E-state index >= 15 is 0 Å². The number of likely N-dealkylation sites (tertiary alicyclic amines) is 3. The van der Waals surface area contributed by atoms with Crippen LogP contribution < -0.4 is 4.74 Å². The predicted octanol–water partition coefficient (Wildman–Crippen LogP) is 12.5. The number of ether oxygens (including phenoxy) is 1. The summed E-state index contributed by atoms with van der Waals surface area (Å²) in [6, 6.07) is 28.0. The molecular formula is C75H78N14O8. The number of carbonyl (C=O) groups excluding carboxylic acids is 3. The highest BCUT2D eigenvalue weighted by Gasteiger charge is 2.30. The van der Waals surface area contributed by atoms with E-state index in [-0.39, 0.29) is 42.2 Å². The van der Waals surface area contributed by atoms with Crippen molar-refractivity contribution in [3.05, 3.63) is 201 Å². The Morgan fingerprint density at radius 3 is 1.26 bits per heavy atom. The average Bonchev–Trinajstić information content (AvgIpc) is 1.62. The molecule has 0 spiro atoms. The lowest BCUT2D eigenvalue weighted by atomic mass is 10.1. The van der Waals surface area contributed by atoms with Crippen molar-refractivity contribution < 1.29 is 38.9 Å². The maximum Gasteiger partial charge on any atom is 0.240 e. The summed E-state index contributed by atoms with van der Waals surface area (Å²) in [7, 11) is 0. The van der Waals surface area contributed by atoms with E-state index in [1.165, 1.54) is 0 Å². The number of Topliss-reactive ketones (excluding diaryl/α,β-unsaturated/α-hetero) is 3. The van der Waals surface area contributed by atoms with Gasteiger partial charge in [-0.25, -0.2) is 19.5 Å². The highest BCUT2D eigenvalue weighted by molar-refractivity contribution is 6.11. The Kier molecular flexibility index (Phi) is 21.5. The van der Waals surface area contributed by atoms with Crippen molar-refractivity contribution >= 4 is 79.7 Å². The number of nitrogens with zero attached hydrogens (tertiary/aromatic N) is 14. The number of aliphatic hydroxyl groups is 3. The van der Waals surface area contributed by atoms with Crippen LogP contribution in [0.5, 0.6) is 5.75 Å². The van der Waals surface area contributed by atoms with E-state index in [1.807, 2.05) is 104 Å². The molecule has 496 valence electrons. The molecule has 22 heteroatoms. The van der Waals surface area contributed by atoms with E-state index in [2.05, 4.69) is 54.0 Å². The summed E-state index contributed by atoms with van der Waals surface area (Å²) in [5.74, 6) is 1.63. The summed E-state index contributed by atoms with van der Waals surface area (Å²) in [5, 5.41) is 37.1. The Morgan fingerprint density at radius 2 is 0.887 bits per heavy atom. The van der Waals surface area contributed by atoms with Gasteiger partial charge >= 0.3 is 0 Å². The summed E-state index contributed by atoms with van der Waals surface area (Å²) in [4.78, 5) is 70.8. The fraction of sp³-hybridized carbons (Fsp3) is 0.347. The Bertz CT molecular complexity index is 4670. The van der Waals surface area contributed by atoms with Crippen molar-refractivity contribution in [2.45, 2.75) is 105 Å². The lowest BCUT2D eigenvalue weighted by Crippen LogP contribution is -2.39. The topological polar surface area (TPSA) is 236 Å². The molecular weight excluding hydrogens is 1220 g/mol. The number of aliphatic hydroxyl groups excluding tert-OH is 3. The fourth-order valence-electron chi connectivity index (χ4n) is 13.0. The Labute approximate surface area is 563 Å². The normalized spacial score (nSPS) is 15.2. The molecule has 22 nitrogen and oxygen atoms in total. The molecule has 0 saturated carbocycles. The largest absolute Gasteiger partial charge is 0.492 e. The lowest BCUT2D eigenvalue weighted by molar-refractivity contribution is 0.0711. The predicted molar refractivity (Wildman–Crippen MR) is 373 cm³/mol. The molecule has 10 heterocycles. The van der Waals surface area contributed by atoms with Gasteiger partial charge in [-0.1, -0.05) is 43.3 Å². The minimum absolute atomic E-state index is 0.00236. The van der Waals surface area contributed by atoms with Crippen LogP contribution in [0.15, 0.2) is 114 Å². The van der Waals surface area contributed by atoms with E-state index in [9.17, 15) is 29.7 Å². The lowest BCUT2D eigenvalue weighted by Gasteiger charge is -2.28. The second-order valence-electron chi connectivity index (χ2n) is 25.0. The van der Waals surface area contributed by atoms with Gasteiger partial charge in [0.1, 0.15) is 5.75 Å². The molecule has 0 aliphatic carbocycles. The van der Waals surface area contributed by atoms with Gasteiger partial charge in [0.25, 0.3) is 0 Å². The van der Waals surface area contributed by atoms with Crippen LogP contribution in [0.1, 0.15) is 123 Å². The van der Waals surface area contributed by atoms with Crippen molar-refractivity contribution in [1.29, 1.82) is 0 Å². The molecule has 0 bridgehead atoms. The SMILES string of the molecule is [C-]#[N+]c1ccc(-n2c(C)c(C(=O)CN3CCC(O)CC3)c3ncc(/C=C/c4nnc(C)o4)cc32)cc1.[C-]#[N+]c1ccc(-n2c(C)c(C(=O)CN3CCC(O)CC3)c3ncc(C)cc32)cc1.[C-]#[N+]c1ccc(-n2c(C)c(C(=O)CN3CCC(O)CC3)c3ncc(OCCC)cc32)cc1. The van der Waals surface area contributed by atoms with Gasteiger partial charge in [-0.2, -0.15) is 0 Å². The van der Waals surface area contributed by atoms with Crippen LogP contribution in [0.2, 0.25) is 0 Å². The molecule has 3 N–H and O–H groups in total. The number of fused-ring (bicyclic) bond motifs is 3. The zero-order valence-corrected chi connectivity index (χ0v) is 55.4. The minimum atomic E-state index is -0.289. The molecule has 97 heavy (non-hydrogen) atoms. The number of benzene rings is 3. The molecule has 0 unspecified atom stereocenters. The number of aryl methyl sites for hydroxylation is 2. The summed E-state index contributed by atoms with van der Waals surface area (Å²) in [6.07, 6.45) is 13.0. The van der Waals surface area contributed by atoms with Crippen molar-refractivity contribution in [3.63, 3.8) is 0 Å². The first-order valence-corrected chi connectivity index (χ1v) is 32.8. The molecule has 0 amide bonds. The third kappa shape index (κ3) is 15.5. The first kappa shape index (κ1) is 68.0. The Morgan fingerprint density at radius 1 is 0.515 bits per heavy atom. The number of hydrogen-bond donors (Lipinski definition) is 3. The molecule has 0 atom stereocenters. The number of hydrogen-bond acceptors (Lipinski definition) is 16. The van der Waals surface area contributed by atoms with Crippen LogP contribution in [-0.4, -0.2) is 170 Å². The van der Waals surface area contributed by atoms with Gasteiger partial charge < -0.3 is 38.2 Å². The summed E-state index contributed by atoms with van der Waals surface area (Å²) in [5.41, 5.74) is 15.0. The van der Waals surface area contributed by atoms with E-state index in [4.69, 9.17) is 33.9 Å². The van der Waals surface area contributed by atoms with E-state index < -0.39 is 0 Å². The smallest absolute Gasteiger partial charge is 0.240 e. The highest BCUT2D eigenvalue weighted by atomic mass is 16.5. The highest BCUT2D eigenvalue weighted by Crippen LogP contribution is 2.35. The van der Waals surface area contributed by atoms with Gasteiger partial charge in [0.2, 0.25) is 11.8 Å². The molecule has 7 aromatic heterocycles. The van der Waals surface area contributed by atoms with Crippen LogP contribution in [0.3, 0.4) is 0 Å². The van der Waals surface area contributed by atoms with Crippen LogP contribution in [0.25, 0.3) is 76.8 Å². The van der Waals surface area contributed by atoms with E-state index in [1.54, 1.807) is 68.0 Å². The van der Waals surface area contributed by atoms with Gasteiger partial charge in [-0.15, -0.1) is 10.2 Å². The third-order valence-corrected chi connectivity index (χ3v) is 18.0. The van der Waals surface area contributed by atoms with Crippen molar-refractivity contribution in [1.82, 2.24) is 53.6 Å². The maximum atomic E-state index is 13.5. The number of aromatic nitrogens is 8. The van der Waals surface area contributed by atoms with Crippen molar-refractivity contribution in [2.75, 3.05) is 65.5 Å². The monoisotopic (exact) mass is 1300 g/mol. The van der Waals surface area contributed by atoms with Crippen LogP contribution in [-0.2, 0) is 0 Å². The first-order chi connectivity index (χ1) is 46.9. The Balaban J connectivity index is 0.000000148. The summed E-state index contributed by atoms with van der Waals surface area (Å²) in [6.45, 7) is 39.0. The molecule has 3 fully saturated rings. The summed E-state index contributed by atoms with van der Waals surface area (Å²) >= 11 is 0. The molecule has 13 rings (SSSR count). The third-order valence-electron chi connectivity index (χ3n) is 18.0. The van der Waals surface area contributed by atoms with Gasteiger partial charge in [0.15, 0.2) is 34.4 Å². The second kappa shape index (κ2) is 30.6. The zero-order valence-electron chi connectivity index (χ0n) is 55.4. The molecule has 0 radical (unpaired) electrons. The molecule has 3 aliphatic rings. The zero-order chi connectivity index (χ0) is 68.4. The number of ketones is 3. The quantitative estimate of drug-likeness (QED) is 0.0568. The molecule has 3 aromatic carbocycles. The number of pyridine rings is 3.